The molecule has 3 nitrogen and oxygen atoms in total. The summed E-state index contributed by atoms with van der Waals surface area (Å²) in [7, 11) is 1.56. The Bertz CT molecular complexity index is 622. The highest BCUT2D eigenvalue weighted by Crippen LogP contribution is 2.19. The van der Waals surface area contributed by atoms with Gasteiger partial charge in [0, 0.05) is 17.1 Å². The molecule has 0 aromatic heterocycles. The molecule has 0 N–H and O–H groups in total. The fourth-order valence-electron chi connectivity index (χ4n) is 1.63. The molecule has 0 radical (unpaired) electrons. The van der Waals surface area contributed by atoms with E-state index in [0.29, 0.717) is 12.4 Å². The summed E-state index contributed by atoms with van der Waals surface area (Å²) in [6.07, 6.45) is 0.802. The molecule has 0 heterocycles. The van der Waals surface area contributed by atoms with Crippen molar-refractivity contribution in [3.8, 4) is 5.75 Å². The summed E-state index contributed by atoms with van der Waals surface area (Å²) in [5, 5.41) is 0. The number of ether oxygens (including phenoxy) is 1. The molecule has 0 aliphatic rings. The maximum absolute atomic E-state index is 11.1. The second-order valence-electron chi connectivity index (χ2n) is 3.99. The van der Waals surface area contributed by atoms with Crippen molar-refractivity contribution in [2.45, 2.75) is 11.3 Å². The first-order valence-electron chi connectivity index (χ1n) is 5.77. The van der Waals surface area contributed by atoms with E-state index in [2.05, 4.69) is 0 Å². The van der Waals surface area contributed by atoms with E-state index in [0.717, 1.165) is 6.42 Å². The summed E-state index contributed by atoms with van der Waals surface area (Å²) in [5.74, 6) is 0.625. The highest BCUT2D eigenvalue weighted by Gasteiger charge is 2.08. The van der Waals surface area contributed by atoms with E-state index in [-0.39, 0.29) is 4.90 Å². The van der Waals surface area contributed by atoms with Crippen molar-refractivity contribution in [3.63, 3.8) is 0 Å². The van der Waals surface area contributed by atoms with Crippen LogP contribution in [-0.4, -0.2) is 15.0 Å². The quantitative estimate of drug-likeness (QED) is 0.796. The third kappa shape index (κ3) is 4.26. The predicted octanol–water partition coefficient (Wildman–Crippen LogP) is 3.24. The Labute approximate surface area is 117 Å². The van der Waals surface area contributed by atoms with Crippen molar-refractivity contribution in [1.82, 2.24) is 0 Å². The molecular formula is C14H13ClO3S. The number of benzene rings is 2. The molecule has 0 atom stereocenters. The van der Waals surface area contributed by atoms with Crippen molar-refractivity contribution >= 4 is 19.7 Å². The van der Waals surface area contributed by atoms with E-state index in [1.54, 1.807) is 12.1 Å². The van der Waals surface area contributed by atoms with Gasteiger partial charge in [-0.25, -0.2) is 8.42 Å². The molecule has 2 aromatic carbocycles. The van der Waals surface area contributed by atoms with Crippen LogP contribution in [0.25, 0.3) is 0 Å². The van der Waals surface area contributed by atoms with Crippen LogP contribution in [0.15, 0.2) is 59.5 Å². The zero-order valence-electron chi connectivity index (χ0n) is 10.1. The summed E-state index contributed by atoms with van der Waals surface area (Å²) in [6, 6.07) is 16.1. The van der Waals surface area contributed by atoms with Gasteiger partial charge in [-0.2, -0.15) is 0 Å². The van der Waals surface area contributed by atoms with Crippen molar-refractivity contribution in [2.24, 2.45) is 0 Å². The Morgan fingerprint density at radius 3 is 2.16 bits per heavy atom. The Morgan fingerprint density at radius 2 is 1.58 bits per heavy atom. The Balaban J connectivity index is 1.90. The van der Waals surface area contributed by atoms with Crippen LogP contribution >= 0.6 is 10.7 Å². The zero-order valence-corrected chi connectivity index (χ0v) is 11.7. The van der Waals surface area contributed by atoms with Crippen molar-refractivity contribution in [2.75, 3.05) is 6.61 Å². The smallest absolute Gasteiger partial charge is 0.261 e. The number of hydrogen-bond donors (Lipinski definition) is 0. The van der Waals surface area contributed by atoms with Crippen LogP contribution in [0.1, 0.15) is 5.56 Å². The Kier molecular flexibility index (Phi) is 4.45. The second-order valence-corrected chi connectivity index (χ2v) is 6.56. The SMILES string of the molecule is O=S(=O)(Cl)c1ccc(OCCc2ccccc2)cc1. The van der Waals surface area contributed by atoms with Crippen LogP contribution in [0.5, 0.6) is 5.75 Å². The molecule has 0 saturated carbocycles. The minimum absolute atomic E-state index is 0.0737. The second kappa shape index (κ2) is 6.08. The van der Waals surface area contributed by atoms with Gasteiger partial charge in [0.05, 0.1) is 11.5 Å². The third-order valence-corrected chi connectivity index (χ3v) is 3.98. The van der Waals surface area contributed by atoms with Crippen molar-refractivity contribution < 1.29 is 13.2 Å². The largest absolute Gasteiger partial charge is 0.493 e. The van der Waals surface area contributed by atoms with Gasteiger partial charge in [0.25, 0.3) is 9.05 Å². The minimum atomic E-state index is -3.67. The van der Waals surface area contributed by atoms with Crippen LogP contribution in [0.2, 0.25) is 0 Å². The minimum Gasteiger partial charge on any atom is -0.493 e. The fraction of sp³-hybridized carbons (Fsp3) is 0.143. The van der Waals surface area contributed by atoms with E-state index < -0.39 is 9.05 Å². The molecule has 0 aliphatic heterocycles. The van der Waals surface area contributed by atoms with E-state index >= 15 is 0 Å². The van der Waals surface area contributed by atoms with Gasteiger partial charge < -0.3 is 4.74 Å². The lowest BCUT2D eigenvalue weighted by molar-refractivity contribution is 0.322. The van der Waals surface area contributed by atoms with E-state index in [1.807, 2.05) is 30.3 Å². The molecule has 0 spiro atoms. The molecule has 2 rings (SSSR count). The highest BCUT2D eigenvalue weighted by molar-refractivity contribution is 8.13. The summed E-state index contributed by atoms with van der Waals surface area (Å²) in [5.41, 5.74) is 1.20. The van der Waals surface area contributed by atoms with Gasteiger partial charge in [-0.1, -0.05) is 30.3 Å². The Morgan fingerprint density at radius 1 is 0.947 bits per heavy atom. The molecule has 0 bridgehead atoms. The van der Waals surface area contributed by atoms with E-state index in [1.165, 1.54) is 17.7 Å². The lowest BCUT2D eigenvalue weighted by atomic mass is 10.2. The zero-order chi connectivity index (χ0) is 13.7. The van der Waals surface area contributed by atoms with Crippen molar-refractivity contribution in [1.29, 1.82) is 0 Å². The third-order valence-electron chi connectivity index (χ3n) is 2.61. The molecule has 19 heavy (non-hydrogen) atoms. The van der Waals surface area contributed by atoms with Gasteiger partial charge in [0.1, 0.15) is 5.75 Å². The molecule has 0 unspecified atom stereocenters. The van der Waals surface area contributed by atoms with E-state index in [9.17, 15) is 8.42 Å². The molecule has 0 aliphatic carbocycles. The average Bonchev–Trinajstić information content (AvgIpc) is 2.39. The van der Waals surface area contributed by atoms with Crippen LogP contribution in [0, 0.1) is 0 Å². The molecule has 0 amide bonds. The first-order chi connectivity index (χ1) is 9.05. The number of hydrogen-bond acceptors (Lipinski definition) is 3. The van der Waals surface area contributed by atoms with Crippen molar-refractivity contribution in [3.05, 3.63) is 60.2 Å². The van der Waals surface area contributed by atoms with Gasteiger partial charge >= 0.3 is 0 Å². The molecule has 2 aromatic rings. The topological polar surface area (TPSA) is 43.4 Å². The van der Waals surface area contributed by atoms with Crippen LogP contribution in [-0.2, 0) is 15.5 Å². The molecule has 5 heteroatoms. The summed E-state index contributed by atoms with van der Waals surface area (Å²) < 4.78 is 27.7. The number of rotatable bonds is 5. The molecular weight excluding hydrogens is 284 g/mol. The standard InChI is InChI=1S/C14H13ClO3S/c15-19(16,17)14-8-6-13(7-9-14)18-11-10-12-4-2-1-3-5-12/h1-9H,10-11H2. The van der Waals surface area contributed by atoms with Crippen LogP contribution in [0.3, 0.4) is 0 Å². The maximum atomic E-state index is 11.1. The lowest BCUT2D eigenvalue weighted by Crippen LogP contribution is -2.01. The van der Waals surface area contributed by atoms with Gasteiger partial charge in [0.2, 0.25) is 0 Å². The maximum Gasteiger partial charge on any atom is 0.261 e. The summed E-state index contributed by atoms with van der Waals surface area (Å²) in [6.45, 7) is 0.539. The highest BCUT2D eigenvalue weighted by atomic mass is 35.7. The normalized spacial score (nSPS) is 11.2. The number of halogens is 1. The fourth-order valence-corrected chi connectivity index (χ4v) is 2.40. The summed E-state index contributed by atoms with van der Waals surface area (Å²) >= 11 is 0. The summed E-state index contributed by atoms with van der Waals surface area (Å²) in [4.78, 5) is 0.0737. The Hall–Kier alpha value is -1.52. The van der Waals surface area contributed by atoms with Gasteiger partial charge in [-0.3, -0.25) is 0 Å². The van der Waals surface area contributed by atoms with Crippen LogP contribution in [0.4, 0.5) is 0 Å². The molecule has 0 fully saturated rings. The predicted molar refractivity (Wildman–Crippen MR) is 75.1 cm³/mol. The van der Waals surface area contributed by atoms with Gasteiger partial charge in [-0.15, -0.1) is 0 Å². The first-order valence-corrected chi connectivity index (χ1v) is 8.08. The average molecular weight is 297 g/mol. The van der Waals surface area contributed by atoms with Crippen LogP contribution < -0.4 is 4.74 Å². The molecule has 0 saturated heterocycles. The van der Waals surface area contributed by atoms with Gasteiger partial charge in [-0.05, 0) is 29.8 Å². The van der Waals surface area contributed by atoms with E-state index in [4.69, 9.17) is 15.4 Å². The molecule has 100 valence electrons. The lowest BCUT2D eigenvalue weighted by Gasteiger charge is -2.06. The monoisotopic (exact) mass is 296 g/mol. The first kappa shape index (κ1) is 13.9. The van der Waals surface area contributed by atoms with Gasteiger partial charge in [0.15, 0.2) is 0 Å².